The summed E-state index contributed by atoms with van der Waals surface area (Å²) in [6.45, 7) is 1.58. The van der Waals surface area contributed by atoms with Gasteiger partial charge in [0.15, 0.2) is 23.2 Å². The number of carbonyl (C=O) groups excluding carboxylic acids is 2. The van der Waals surface area contributed by atoms with E-state index in [0.717, 1.165) is 0 Å². The van der Waals surface area contributed by atoms with Gasteiger partial charge in [-0.15, -0.1) is 0 Å². The molecule has 1 aliphatic heterocycles. The molecule has 1 heterocycles. The predicted molar refractivity (Wildman–Crippen MR) is 100 cm³/mol. The molecule has 0 spiro atoms. The van der Waals surface area contributed by atoms with Crippen LogP contribution in [0, 0.1) is 3.57 Å². The van der Waals surface area contributed by atoms with Crippen molar-refractivity contribution in [1.82, 2.24) is 10.6 Å². The summed E-state index contributed by atoms with van der Waals surface area (Å²) in [6.07, 6.45) is 1.39. The van der Waals surface area contributed by atoms with Crippen LogP contribution in [0.4, 0.5) is 0 Å². The lowest BCUT2D eigenvalue weighted by molar-refractivity contribution is -0.139. The number of carboxylic acids is 1. The van der Waals surface area contributed by atoms with Crippen molar-refractivity contribution in [1.29, 1.82) is 0 Å². The summed E-state index contributed by atoms with van der Waals surface area (Å²) >= 11 is 6.70. The Morgan fingerprint density at radius 2 is 1.92 bits per heavy atom. The molecule has 0 radical (unpaired) electrons. The highest BCUT2D eigenvalue weighted by atomic mass is 127. The van der Waals surface area contributed by atoms with E-state index in [1.807, 2.05) is 22.6 Å². The maximum Gasteiger partial charge on any atom is 0.341 e. The monoisotopic (exact) mass is 476 g/mol. The fourth-order valence-electron chi connectivity index (χ4n) is 1.98. The van der Waals surface area contributed by atoms with Gasteiger partial charge < -0.3 is 14.6 Å². The first kappa shape index (κ1) is 19.1. The third kappa shape index (κ3) is 4.89. The number of thiocarbonyl (C=S) groups is 1. The maximum atomic E-state index is 11.9. The molecule has 10 heteroatoms. The van der Waals surface area contributed by atoms with Crippen LogP contribution in [0.25, 0.3) is 6.08 Å². The number of carboxylic acid groups (broad SMARTS) is 1. The lowest BCUT2D eigenvalue weighted by atomic mass is 10.1. The van der Waals surface area contributed by atoms with Crippen LogP contribution in [-0.2, 0) is 14.4 Å². The Kier molecular flexibility index (Phi) is 6.31. The van der Waals surface area contributed by atoms with Gasteiger partial charge in [-0.2, -0.15) is 0 Å². The van der Waals surface area contributed by atoms with Crippen molar-refractivity contribution < 1.29 is 29.0 Å². The molecule has 0 bridgehead atoms. The average Bonchev–Trinajstić information content (AvgIpc) is 2.50. The van der Waals surface area contributed by atoms with Gasteiger partial charge in [-0.1, -0.05) is 0 Å². The van der Waals surface area contributed by atoms with Crippen LogP contribution in [0.3, 0.4) is 0 Å². The minimum Gasteiger partial charge on any atom is -0.490 e. The Morgan fingerprint density at radius 1 is 1.28 bits per heavy atom. The third-order valence-corrected chi connectivity index (χ3v) is 3.93. The number of carbonyl (C=O) groups is 3. The van der Waals surface area contributed by atoms with E-state index in [1.54, 1.807) is 19.1 Å². The summed E-state index contributed by atoms with van der Waals surface area (Å²) in [5.41, 5.74) is 0.412. The number of hydrogen-bond donors (Lipinski definition) is 3. The Morgan fingerprint density at radius 3 is 2.48 bits per heavy atom. The van der Waals surface area contributed by atoms with E-state index in [1.165, 1.54) is 6.08 Å². The highest BCUT2D eigenvalue weighted by Crippen LogP contribution is 2.35. The van der Waals surface area contributed by atoms with Crippen molar-refractivity contribution in [2.24, 2.45) is 0 Å². The quantitative estimate of drug-likeness (QED) is 0.244. The van der Waals surface area contributed by atoms with Gasteiger partial charge in [-0.05, 0) is 65.5 Å². The third-order valence-electron chi connectivity index (χ3n) is 2.93. The molecule has 2 amide bonds. The summed E-state index contributed by atoms with van der Waals surface area (Å²) in [4.78, 5) is 34.5. The number of hydrogen-bond acceptors (Lipinski definition) is 6. The van der Waals surface area contributed by atoms with Crippen LogP contribution < -0.4 is 20.1 Å². The van der Waals surface area contributed by atoms with Crippen LogP contribution >= 0.6 is 34.8 Å². The first-order valence-corrected chi connectivity index (χ1v) is 8.49. The van der Waals surface area contributed by atoms with Crippen LogP contribution in [0.1, 0.15) is 12.5 Å². The second kappa shape index (κ2) is 8.25. The molecule has 1 aromatic rings. The number of halogens is 1. The van der Waals surface area contributed by atoms with E-state index in [-0.39, 0.29) is 16.4 Å². The highest BCUT2D eigenvalue weighted by Gasteiger charge is 2.26. The molecule has 0 unspecified atom stereocenters. The zero-order valence-corrected chi connectivity index (χ0v) is 15.9. The first-order chi connectivity index (χ1) is 11.8. The smallest absolute Gasteiger partial charge is 0.341 e. The molecule has 1 aromatic carbocycles. The molecule has 132 valence electrons. The van der Waals surface area contributed by atoms with Crippen LogP contribution in [0.15, 0.2) is 17.7 Å². The van der Waals surface area contributed by atoms with Gasteiger partial charge in [0.1, 0.15) is 5.57 Å². The van der Waals surface area contributed by atoms with E-state index in [0.29, 0.717) is 21.5 Å². The van der Waals surface area contributed by atoms with Crippen molar-refractivity contribution in [3.05, 3.63) is 26.8 Å². The highest BCUT2D eigenvalue weighted by molar-refractivity contribution is 14.1. The van der Waals surface area contributed by atoms with Crippen molar-refractivity contribution in [2.45, 2.75) is 6.92 Å². The number of nitrogens with one attached hydrogen (secondary N) is 2. The van der Waals surface area contributed by atoms with Crippen molar-refractivity contribution in [2.75, 3.05) is 13.2 Å². The Labute approximate surface area is 161 Å². The molecule has 0 saturated carbocycles. The van der Waals surface area contributed by atoms with Crippen LogP contribution in [0.2, 0.25) is 0 Å². The number of aliphatic carboxylic acids is 1. The fraction of sp³-hybridized carbons (Fsp3) is 0.200. The standard InChI is InChI=1S/C15H13IN2O6S/c1-2-23-10-5-7(4-9(16)12(10)24-6-11(19)20)3-8-13(21)17-15(25)18-14(8)22/h3-5H,2,6H2,1H3,(H,19,20)(H2,17,18,21,22,25). The number of rotatable bonds is 6. The lowest BCUT2D eigenvalue weighted by Crippen LogP contribution is -2.51. The second-order valence-electron chi connectivity index (χ2n) is 4.74. The summed E-state index contributed by atoms with van der Waals surface area (Å²) in [7, 11) is 0. The second-order valence-corrected chi connectivity index (χ2v) is 6.31. The van der Waals surface area contributed by atoms with Crippen molar-refractivity contribution >= 4 is 63.8 Å². The van der Waals surface area contributed by atoms with Crippen molar-refractivity contribution in [3.8, 4) is 11.5 Å². The molecule has 3 N–H and O–H groups in total. The molecule has 1 fully saturated rings. The van der Waals surface area contributed by atoms with E-state index in [9.17, 15) is 14.4 Å². The van der Waals surface area contributed by atoms with Gasteiger partial charge in [0.2, 0.25) is 0 Å². The fourth-order valence-corrected chi connectivity index (χ4v) is 2.95. The lowest BCUT2D eigenvalue weighted by Gasteiger charge is -2.17. The van der Waals surface area contributed by atoms with E-state index in [4.69, 9.17) is 26.8 Å². The molecule has 2 rings (SSSR count). The zero-order chi connectivity index (χ0) is 18.6. The summed E-state index contributed by atoms with van der Waals surface area (Å²) in [5, 5.41) is 13.4. The molecule has 8 nitrogen and oxygen atoms in total. The Balaban J connectivity index is 2.40. The van der Waals surface area contributed by atoms with Crippen molar-refractivity contribution in [3.63, 3.8) is 0 Å². The van der Waals surface area contributed by atoms with E-state index >= 15 is 0 Å². The number of ether oxygens (including phenoxy) is 2. The van der Waals surface area contributed by atoms with Gasteiger partial charge in [-0.25, -0.2) is 4.79 Å². The number of amides is 2. The average molecular weight is 476 g/mol. The normalized spacial score (nSPS) is 13.8. The molecule has 1 aliphatic rings. The molecular formula is C15H13IN2O6S. The van der Waals surface area contributed by atoms with Gasteiger partial charge in [0, 0.05) is 0 Å². The van der Waals surface area contributed by atoms with Gasteiger partial charge in [0.05, 0.1) is 10.2 Å². The topological polar surface area (TPSA) is 114 Å². The van der Waals surface area contributed by atoms with Gasteiger partial charge in [-0.3, -0.25) is 20.2 Å². The molecule has 1 saturated heterocycles. The summed E-state index contributed by atoms with van der Waals surface area (Å²) in [5.74, 6) is -1.72. The largest absolute Gasteiger partial charge is 0.490 e. The van der Waals surface area contributed by atoms with Gasteiger partial charge in [0.25, 0.3) is 11.8 Å². The molecule has 0 aliphatic carbocycles. The summed E-state index contributed by atoms with van der Waals surface area (Å²) in [6, 6.07) is 3.20. The van der Waals surface area contributed by atoms with E-state index < -0.39 is 24.4 Å². The minimum absolute atomic E-state index is 0.0471. The predicted octanol–water partition coefficient (Wildman–Crippen LogP) is 1.07. The molecule has 0 aromatic heterocycles. The first-order valence-electron chi connectivity index (χ1n) is 7.01. The molecular weight excluding hydrogens is 463 g/mol. The SMILES string of the molecule is CCOc1cc(C=C2C(=O)NC(=S)NC2=O)cc(I)c1OCC(=O)O. The van der Waals surface area contributed by atoms with Gasteiger partial charge >= 0.3 is 5.97 Å². The number of benzene rings is 1. The summed E-state index contributed by atoms with van der Waals surface area (Å²) < 4.78 is 11.3. The van der Waals surface area contributed by atoms with Crippen LogP contribution in [-0.4, -0.2) is 41.2 Å². The molecule has 0 atom stereocenters. The minimum atomic E-state index is -1.11. The zero-order valence-electron chi connectivity index (χ0n) is 12.9. The van der Waals surface area contributed by atoms with Crippen LogP contribution in [0.5, 0.6) is 11.5 Å². The maximum absolute atomic E-state index is 11.9. The molecule has 25 heavy (non-hydrogen) atoms. The Bertz CT molecular complexity index is 770. The van der Waals surface area contributed by atoms with E-state index in [2.05, 4.69) is 10.6 Å². The Hall–Kier alpha value is -2.21.